The highest BCUT2D eigenvalue weighted by molar-refractivity contribution is 7.99. The molecule has 0 aliphatic carbocycles. The number of hydrogen-bond donors (Lipinski definition) is 2. The number of nitrogens with one attached hydrogen (secondary N) is 1. The van der Waals surface area contributed by atoms with Gasteiger partial charge in [-0.05, 0) is 24.3 Å². The summed E-state index contributed by atoms with van der Waals surface area (Å²) in [5.41, 5.74) is 5.78. The molecule has 1 saturated heterocycles. The van der Waals surface area contributed by atoms with Gasteiger partial charge in [0, 0.05) is 23.4 Å². The first-order valence-corrected chi connectivity index (χ1v) is 6.66. The third-order valence-electron chi connectivity index (χ3n) is 2.77. The van der Waals surface area contributed by atoms with Crippen molar-refractivity contribution in [2.24, 2.45) is 5.73 Å². The van der Waals surface area contributed by atoms with E-state index in [-0.39, 0.29) is 17.3 Å². The molecule has 1 aromatic rings. The number of amides is 1. The number of benzene rings is 1. The van der Waals surface area contributed by atoms with Gasteiger partial charge in [-0.2, -0.15) is 11.8 Å². The Morgan fingerprint density at radius 1 is 1.56 bits per heavy atom. The first-order valence-electron chi connectivity index (χ1n) is 5.50. The van der Waals surface area contributed by atoms with Gasteiger partial charge in [0.15, 0.2) is 0 Å². The molecule has 0 saturated carbocycles. The van der Waals surface area contributed by atoms with E-state index in [0.717, 1.165) is 17.9 Å². The third kappa shape index (κ3) is 2.73. The molecule has 0 bridgehead atoms. The van der Waals surface area contributed by atoms with Crippen LogP contribution in [0.5, 0.6) is 0 Å². The predicted octanol–water partition coefficient (Wildman–Crippen LogP) is 1.61. The van der Waals surface area contributed by atoms with Crippen LogP contribution in [0.3, 0.4) is 0 Å². The van der Waals surface area contributed by atoms with Gasteiger partial charge in [0.25, 0.3) is 5.69 Å². The molecule has 7 heteroatoms. The average molecular weight is 267 g/mol. The number of carbonyl (C=O) groups excluding carboxylic acids is 1. The fourth-order valence-corrected chi connectivity index (χ4v) is 2.98. The molecular formula is C11H13N3O3S. The Labute approximate surface area is 108 Å². The van der Waals surface area contributed by atoms with E-state index in [2.05, 4.69) is 5.32 Å². The van der Waals surface area contributed by atoms with Crippen molar-refractivity contribution in [3.05, 3.63) is 33.9 Å². The summed E-state index contributed by atoms with van der Waals surface area (Å²) in [5.74, 6) is 1.37. The normalized spacial score (nSPS) is 18.6. The average Bonchev–Trinajstić information content (AvgIpc) is 2.81. The first-order chi connectivity index (χ1) is 8.58. The van der Waals surface area contributed by atoms with Crippen LogP contribution in [0, 0.1) is 10.1 Å². The predicted molar refractivity (Wildman–Crippen MR) is 71.0 cm³/mol. The molecule has 1 amide bonds. The maximum Gasteiger partial charge on any atom is 0.292 e. The summed E-state index contributed by atoms with van der Waals surface area (Å²) in [4.78, 5) is 21.5. The van der Waals surface area contributed by atoms with Crippen LogP contribution in [-0.2, 0) is 0 Å². The summed E-state index contributed by atoms with van der Waals surface area (Å²) in [6.07, 6.45) is 0.961. The van der Waals surface area contributed by atoms with Gasteiger partial charge in [-0.3, -0.25) is 14.9 Å². The molecule has 2 rings (SSSR count). The molecule has 6 nitrogen and oxygen atoms in total. The Morgan fingerprint density at radius 2 is 2.33 bits per heavy atom. The zero-order valence-electron chi connectivity index (χ0n) is 9.59. The minimum atomic E-state index is -0.589. The highest BCUT2D eigenvalue weighted by atomic mass is 32.2. The van der Waals surface area contributed by atoms with Crippen LogP contribution in [0.2, 0.25) is 0 Å². The molecular weight excluding hydrogens is 254 g/mol. The number of nitrogens with zero attached hydrogens (tertiary/aromatic N) is 1. The second-order valence-electron chi connectivity index (χ2n) is 4.06. The SMILES string of the molecule is NC(=O)c1ccc([N+](=O)[O-])c(NC2CCSC2)c1. The van der Waals surface area contributed by atoms with E-state index in [9.17, 15) is 14.9 Å². The van der Waals surface area contributed by atoms with Crippen molar-refractivity contribution in [1.82, 2.24) is 0 Å². The first kappa shape index (κ1) is 12.7. The summed E-state index contributed by atoms with van der Waals surface area (Å²) in [6.45, 7) is 0. The van der Waals surface area contributed by atoms with E-state index in [1.807, 2.05) is 0 Å². The molecule has 1 heterocycles. The van der Waals surface area contributed by atoms with E-state index in [1.165, 1.54) is 18.2 Å². The molecule has 1 fully saturated rings. The van der Waals surface area contributed by atoms with Crippen molar-refractivity contribution < 1.29 is 9.72 Å². The zero-order chi connectivity index (χ0) is 13.1. The summed E-state index contributed by atoms with van der Waals surface area (Å²) in [5, 5.41) is 14.0. The standard InChI is InChI=1S/C11H13N3O3S/c12-11(15)7-1-2-10(14(16)17)9(5-7)13-8-3-4-18-6-8/h1-2,5,8,13H,3-4,6H2,(H2,12,15). The van der Waals surface area contributed by atoms with E-state index in [1.54, 1.807) is 11.8 Å². The molecule has 0 aromatic heterocycles. The van der Waals surface area contributed by atoms with Crippen LogP contribution in [-0.4, -0.2) is 28.4 Å². The summed E-state index contributed by atoms with van der Waals surface area (Å²) >= 11 is 1.80. The fraction of sp³-hybridized carbons (Fsp3) is 0.364. The summed E-state index contributed by atoms with van der Waals surface area (Å²) in [7, 11) is 0. The summed E-state index contributed by atoms with van der Waals surface area (Å²) in [6, 6.07) is 4.33. The second kappa shape index (κ2) is 5.26. The van der Waals surface area contributed by atoms with Gasteiger partial charge in [0.1, 0.15) is 5.69 Å². The van der Waals surface area contributed by atoms with Crippen LogP contribution in [0.15, 0.2) is 18.2 Å². The zero-order valence-corrected chi connectivity index (χ0v) is 10.4. The lowest BCUT2D eigenvalue weighted by Gasteiger charge is -2.13. The molecule has 18 heavy (non-hydrogen) atoms. The Morgan fingerprint density at radius 3 is 2.89 bits per heavy atom. The lowest BCUT2D eigenvalue weighted by Crippen LogP contribution is -2.20. The van der Waals surface area contributed by atoms with Gasteiger partial charge in [0.2, 0.25) is 5.91 Å². The van der Waals surface area contributed by atoms with Crippen molar-refractivity contribution in [3.63, 3.8) is 0 Å². The van der Waals surface area contributed by atoms with Crippen molar-refractivity contribution in [2.75, 3.05) is 16.8 Å². The van der Waals surface area contributed by atoms with E-state index in [0.29, 0.717) is 5.69 Å². The van der Waals surface area contributed by atoms with Gasteiger partial charge in [-0.1, -0.05) is 0 Å². The van der Waals surface area contributed by atoms with Crippen molar-refractivity contribution >= 4 is 29.0 Å². The molecule has 0 spiro atoms. The van der Waals surface area contributed by atoms with E-state index in [4.69, 9.17) is 5.73 Å². The number of carbonyl (C=O) groups is 1. The maximum atomic E-state index is 11.1. The van der Waals surface area contributed by atoms with Crippen molar-refractivity contribution in [2.45, 2.75) is 12.5 Å². The minimum Gasteiger partial charge on any atom is -0.376 e. The lowest BCUT2D eigenvalue weighted by molar-refractivity contribution is -0.384. The third-order valence-corrected chi connectivity index (χ3v) is 3.93. The minimum absolute atomic E-state index is 0.0306. The van der Waals surface area contributed by atoms with Crippen LogP contribution in [0.4, 0.5) is 11.4 Å². The molecule has 1 aliphatic heterocycles. The van der Waals surface area contributed by atoms with Gasteiger partial charge in [0.05, 0.1) is 4.92 Å². The maximum absolute atomic E-state index is 11.1. The number of thioether (sulfide) groups is 1. The number of hydrogen-bond acceptors (Lipinski definition) is 5. The van der Waals surface area contributed by atoms with Crippen LogP contribution in [0.1, 0.15) is 16.8 Å². The highest BCUT2D eigenvalue weighted by Crippen LogP contribution is 2.29. The number of nitro benzene ring substituents is 1. The smallest absolute Gasteiger partial charge is 0.292 e. The van der Waals surface area contributed by atoms with Gasteiger partial charge < -0.3 is 11.1 Å². The van der Waals surface area contributed by atoms with Crippen LogP contribution < -0.4 is 11.1 Å². The molecule has 1 unspecified atom stereocenters. The lowest BCUT2D eigenvalue weighted by atomic mass is 10.1. The van der Waals surface area contributed by atoms with Crippen molar-refractivity contribution in [3.8, 4) is 0 Å². The monoisotopic (exact) mass is 267 g/mol. The molecule has 1 aliphatic rings. The van der Waals surface area contributed by atoms with Gasteiger partial charge >= 0.3 is 0 Å². The number of primary amides is 1. The molecule has 1 aromatic carbocycles. The Balaban J connectivity index is 2.30. The Bertz CT molecular complexity index is 486. The van der Waals surface area contributed by atoms with Crippen molar-refractivity contribution in [1.29, 1.82) is 0 Å². The van der Waals surface area contributed by atoms with E-state index >= 15 is 0 Å². The Hall–Kier alpha value is -1.76. The van der Waals surface area contributed by atoms with Gasteiger partial charge in [-0.25, -0.2) is 0 Å². The summed E-state index contributed by atoms with van der Waals surface area (Å²) < 4.78 is 0. The quantitative estimate of drug-likeness (QED) is 0.638. The second-order valence-corrected chi connectivity index (χ2v) is 5.21. The van der Waals surface area contributed by atoms with E-state index < -0.39 is 10.8 Å². The fourth-order valence-electron chi connectivity index (χ4n) is 1.83. The number of nitrogens with two attached hydrogens (primary N) is 1. The Kier molecular flexibility index (Phi) is 3.71. The van der Waals surface area contributed by atoms with Crippen LogP contribution >= 0.6 is 11.8 Å². The highest BCUT2D eigenvalue weighted by Gasteiger charge is 2.21. The topological polar surface area (TPSA) is 98.3 Å². The number of anilines is 1. The van der Waals surface area contributed by atoms with Crippen LogP contribution in [0.25, 0.3) is 0 Å². The molecule has 3 N–H and O–H groups in total. The molecule has 96 valence electrons. The largest absolute Gasteiger partial charge is 0.376 e. The molecule has 1 atom stereocenters. The number of rotatable bonds is 4. The number of nitro groups is 1. The molecule has 0 radical (unpaired) electrons. The van der Waals surface area contributed by atoms with Gasteiger partial charge in [-0.15, -0.1) is 0 Å².